The first-order valence-electron chi connectivity index (χ1n) is 6.53. The Balaban J connectivity index is 2.42. The van der Waals surface area contributed by atoms with Crippen LogP contribution >= 0.6 is 0 Å². The predicted molar refractivity (Wildman–Crippen MR) is 90.2 cm³/mol. The normalized spacial score (nSPS) is 12.1. The fourth-order valence-electron chi connectivity index (χ4n) is 1.93. The molecule has 2 N–H and O–H groups in total. The molecule has 0 atom stereocenters. The second kappa shape index (κ2) is 7.05. The van der Waals surface area contributed by atoms with Crippen LogP contribution in [0.5, 0.6) is 0 Å². The monoisotopic (exact) mass is 381 g/mol. The fraction of sp³-hybridized carbons (Fsp3) is 0. The molecule has 0 spiro atoms. The summed E-state index contributed by atoms with van der Waals surface area (Å²) in [5.41, 5.74) is 9.06. The van der Waals surface area contributed by atoms with Crippen molar-refractivity contribution < 1.29 is 25.9 Å². The smallest absolute Gasteiger partial charge is 0.282 e. The molecule has 0 aliphatic rings. The molecular weight excluding hydrogens is 370 g/mol. The molecule has 0 saturated carbocycles. The summed E-state index contributed by atoms with van der Waals surface area (Å²) in [6.45, 7) is 0. The van der Waals surface area contributed by atoms with Crippen molar-refractivity contribution in [1.82, 2.24) is 0 Å². The van der Waals surface area contributed by atoms with E-state index in [1.807, 2.05) is 0 Å². The first-order chi connectivity index (χ1) is 11.6. The maximum absolute atomic E-state index is 11.5. The van der Waals surface area contributed by atoms with Gasteiger partial charge >= 0.3 is 0 Å². The van der Waals surface area contributed by atoms with E-state index >= 15 is 0 Å². The lowest BCUT2D eigenvalue weighted by molar-refractivity contribution is 0.481. The summed E-state index contributed by atoms with van der Waals surface area (Å²) in [6.07, 6.45) is 2.86. The van der Waals surface area contributed by atoms with Crippen LogP contribution in [0.1, 0.15) is 11.1 Å². The third-order valence-corrected chi connectivity index (χ3v) is 4.85. The first-order valence-corrected chi connectivity index (χ1v) is 9.41. The van der Waals surface area contributed by atoms with Gasteiger partial charge in [-0.05, 0) is 34.9 Å². The molecule has 0 bridgehead atoms. The Morgan fingerprint density at radius 3 is 2.08 bits per heavy atom. The lowest BCUT2D eigenvalue weighted by Crippen LogP contribution is -2.00. The van der Waals surface area contributed by atoms with Gasteiger partial charge in [0.05, 0.1) is 4.90 Å². The van der Waals surface area contributed by atoms with Crippen molar-refractivity contribution in [2.75, 3.05) is 0 Å². The Bertz CT molecular complexity index is 1080. The van der Waals surface area contributed by atoms with Crippen molar-refractivity contribution in [3.8, 4) is 0 Å². The molecule has 2 rings (SSSR count). The van der Waals surface area contributed by atoms with Crippen LogP contribution in [-0.4, -0.2) is 25.9 Å². The molecule has 0 aliphatic heterocycles. The van der Waals surface area contributed by atoms with E-state index in [0.717, 1.165) is 6.07 Å². The summed E-state index contributed by atoms with van der Waals surface area (Å²) >= 11 is 0. The zero-order valence-electron chi connectivity index (χ0n) is 12.4. The largest absolute Gasteiger partial charge is 0.295 e. The minimum Gasteiger partial charge on any atom is -0.282 e. The maximum Gasteiger partial charge on any atom is 0.295 e. The highest BCUT2D eigenvalue weighted by Gasteiger charge is 2.14. The average Bonchev–Trinajstić information content (AvgIpc) is 2.52. The second-order valence-corrected chi connectivity index (χ2v) is 7.58. The van der Waals surface area contributed by atoms with E-state index in [-0.39, 0.29) is 16.1 Å². The van der Waals surface area contributed by atoms with Gasteiger partial charge in [0.25, 0.3) is 20.2 Å². The van der Waals surface area contributed by atoms with E-state index < -0.39 is 25.1 Å². The van der Waals surface area contributed by atoms with Gasteiger partial charge in [0, 0.05) is 10.6 Å². The molecule has 130 valence electrons. The third-order valence-electron chi connectivity index (χ3n) is 3.07. The average molecular weight is 381 g/mol. The molecule has 0 radical (unpaired) electrons. The van der Waals surface area contributed by atoms with Crippen LogP contribution in [0.2, 0.25) is 0 Å². The highest BCUT2D eigenvalue weighted by atomic mass is 32.2. The van der Waals surface area contributed by atoms with Gasteiger partial charge in [-0.15, -0.1) is 0 Å². The summed E-state index contributed by atoms with van der Waals surface area (Å²) in [5.74, 6) is 0. The number of benzene rings is 2. The standard InChI is InChI=1S/C14H11N3O6S2/c15-17-16-12-6-5-11(14(9-12)25(21,22)23)4-1-10-2-7-13(8-3-10)24(18,19)20/h1-9H,(H,18,19,20)(H,21,22,23). The minimum absolute atomic E-state index is 0.0183. The molecule has 2 aromatic carbocycles. The van der Waals surface area contributed by atoms with Gasteiger partial charge in [-0.25, -0.2) is 0 Å². The molecule has 25 heavy (non-hydrogen) atoms. The molecule has 0 amide bonds. The van der Waals surface area contributed by atoms with E-state index in [9.17, 15) is 21.4 Å². The van der Waals surface area contributed by atoms with Crippen molar-refractivity contribution in [2.45, 2.75) is 9.79 Å². The second-order valence-electron chi connectivity index (χ2n) is 4.76. The van der Waals surface area contributed by atoms with Crippen LogP contribution in [0, 0.1) is 0 Å². The quantitative estimate of drug-likeness (QED) is 0.266. The molecule has 9 nitrogen and oxygen atoms in total. The van der Waals surface area contributed by atoms with Crippen molar-refractivity contribution in [1.29, 1.82) is 0 Å². The lowest BCUT2D eigenvalue weighted by Gasteiger charge is -2.04. The number of nitrogens with zero attached hydrogens (tertiary/aromatic N) is 3. The number of hydrogen-bond donors (Lipinski definition) is 2. The minimum atomic E-state index is -4.55. The van der Waals surface area contributed by atoms with E-state index in [0.29, 0.717) is 5.56 Å². The molecule has 0 heterocycles. The van der Waals surface area contributed by atoms with Crippen LogP contribution < -0.4 is 0 Å². The Hall–Kier alpha value is -2.69. The van der Waals surface area contributed by atoms with Gasteiger partial charge in [0.1, 0.15) is 4.90 Å². The molecule has 0 saturated heterocycles. The van der Waals surface area contributed by atoms with E-state index in [2.05, 4.69) is 10.0 Å². The van der Waals surface area contributed by atoms with Crippen LogP contribution in [0.15, 0.2) is 57.4 Å². The molecule has 0 aromatic heterocycles. The fourth-order valence-corrected chi connectivity index (χ4v) is 3.12. The summed E-state index contributed by atoms with van der Waals surface area (Å²) in [7, 11) is -8.85. The van der Waals surface area contributed by atoms with Crippen molar-refractivity contribution >= 4 is 38.1 Å². The van der Waals surface area contributed by atoms with Gasteiger partial charge in [-0.2, -0.15) is 16.8 Å². The van der Waals surface area contributed by atoms with Crippen LogP contribution in [0.4, 0.5) is 5.69 Å². The van der Waals surface area contributed by atoms with Crippen molar-refractivity contribution in [3.05, 3.63) is 64.0 Å². The summed E-state index contributed by atoms with van der Waals surface area (Å²) in [6, 6.07) is 8.91. The molecule has 0 fully saturated rings. The number of rotatable bonds is 5. The highest BCUT2D eigenvalue weighted by molar-refractivity contribution is 7.86. The topological polar surface area (TPSA) is 158 Å². The van der Waals surface area contributed by atoms with Crippen molar-refractivity contribution in [3.63, 3.8) is 0 Å². The SMILES string of the molecule is [N-]=[N+]=Nc1ccc(C=Cc2ccc(S(=O)(=O)O)cc2)c(S(=O)(=O)O)c1. The molecule has 0 unspecified atom stereocenters. The van der Waals surface area contributed by atoms with Crippen LogP contribution in [0.3, 0.4) is 0 Å². The van der Waals surface area contributed by atoms with Gasteiger partial charge < -0.3 is 0 Å². The lowest BCUT2D eigenvalue weighted by atomic mass is 10.1. The first kappa shape index (κ1) is 18.6. The van der Waals surface area contributed by atoms with E-state index in [1.165, 1.54) is 48.6 Å². The summed E-state index contributed by atoms with van der Waals surface area (Å²) in [4.78, 5) is 1.82. The Labute approximate surface area is 143 Å². The maximum atomic E-state index is 11.5. The van der Waals surface area contributed by atoms with E-state index in [4.69, 9.17) is 10.1 Å². The molecular formula is C14H11N3O6S2. The van der Waals surface area contributed by atoms with E-state index in [1.54, 1.807) is 0 Å². The zero-order chi connectivity index (χ0) is 18.7. The Morgan fingerprint density at radius 2 is 1.56 bits per heavy atom. The molecule has 0 aliphatic carbocycles. The van der Waals surface area contributed by atoms with Gasteiger partial charge in [0.2, 0.25) is 0 Å². The van der Waals surface area contributed by atoms with Gasteiger partial charge in [0.15, 0.2) is 0 Å². The Kier molecular flexibility index (Phi) is 5.26. The highest BCUT2D eigenvalue weighted by Crippen LogP contribution is 2.24. The Morgan fingerprint density at radius 1 is 0.920 bits per heavy atom. The predicted octanol–water partition coefficient (Wildman–Crippen LogP) is 3.29. The third kappa shape index (κ3) is 4.89. The van der Waals surface area contributed by atoms with Crippen molar-refractivity contribution in [2.24, 2.45) is 5.11 Å². The zero-order valence-corrected chi connectivity index (χ0v) is 14.0. The van der Waals surface area contributed by atoms with Gasteiger partial charge in [-0.3, -0.25) is 9.11 Å². The summed E-state index contributed by atoms with van der Waals surface area (Å²) < 4.78 is 63.1. The number of hydrogen-bond acceptors (Lipinski definition) is 5. The van der Waals surface area contributed by atoms with Gasteiger partial charge in [-0.1, -0.05) is 41.5 Å². The van der Waals surface area contributed by atoms with Crippen LogP contribution in [-0.2, 0) is 20.2 Å². The van der Waals surface area contributed by atoms with Crippen LogP contribution in [0.25, 0.3) is 22.6 Å². The molecule has 2 aromatic rings. The molecule has 11 heteroatoms. The number of azide groups is 1. The summed E-state index contributed by atoms with van der Waals surface area (Å²) in [5, 5.41) is 3.27.